The van der Waals surface area contributed by atoms with Gasteiger partial charge in [-0.1, -0.05) is 17.7 Å². The summed E-state index contributed by atoms with van der Waals surface area (Å²) in [5.74, 6) is 0. The number of thioether (sulfide) groups is 1. The molecule has 118 valence electrons. The van der Waals surface area contributed by atoms with Gasteiger partial charge in [0.2, 0.25) is 10.0 Å². The molecule has 2 N–H and O–H groups in total. The SMILES string of the molecule is CNCc1ccc(Cl)c(S(=O)(=O)NC2CCC(SC)C2)c1. The Hall–Kier alpha value is -0.270. The van der Waals surface area contributed by atoms with Crippen LogP contribution in [0.4, 0.5) is 0 Å². The third-order valence-corrected chi connectivity index (χ3v) is 6.80. The van der Waals surface area contributed by atoms with Crippen molar-refractivity contribution in [3.05, 3.63) is 28.8 Å². The summed E-state index contributed by atoms with van der Waals surface area (Å²) in [6.07, 6.45) is 4.90. The van der Waals surface area contributed by atoms with Gasteiger partial charge >= 0.3 is 0 Å². The number of halogens is 1. The van der Waals surface area contributed by atoms with Crippen molar-refractivity contribution in [1.82, 2.24) is 10.0 Å². The van der Waals surface area contributed by atoms with Gasteiger partial charge in [0.1, 0.15) is 4.90 Å². The zero-order valence-electron chi connectivity index (χ0n) is 12.2. The molecule has 1 aromatic rings. The molecular formula is C14H21ClN2O2S2. The van der Waals surface area contributed by atoms with Crippen LogP contribution < -0.4 is 10.0 Å². The Bertz CT molecular complexity index is 593. The summed E-state index contributed by atoms with van der Waals surface area (Å²) >= 11 is 7.88. The lowest BCUT2D eigenvalue weighted by Gasteiger charge is -2.15. The topological polar surface area (TPSA) is 58.2 Å². The maximum Gasteiger partial charge on any atom is 0.242 e. The average molecular weight is 349 g/mol. The Morgan fingerprint density at radius 1 is 1.38 bits per heavy atom. The Labute approximate surface area is 136 Å². The Morgan fingerprint density at radius 3 is 2.76 bits per heavy atom. The van der Waals surface area contributed by atoms with Crippen LogP contribution in [0.2, 0.25) is 5.02 Å². The fraction of sp³-hybridized carbons (Fsp3) is 0.571. The van der Waals surface area contributed by atoms with E-state index in [1.165, 1.54) is 0 Å². The fourth-order valence-corrected chi connectivity index (χ4v) is 5.24. The van der Waals surface area contributed by atoms with Crippen molar-refractivity contribution in [2.24, 2.45) is 0 Å². The number of nitrogens with one attached hydrogen (secondary N) is 2. The summed E-state index contributed by atoms with van der Waals surface area (Å²) in [6.45, 7) is 0.609. The zero-order chi connectivity index (χ0) is 15.5. The largest absolute Gasteiger partial charge is 0.316 e. The minimum absolute atomic E-state index is 0.0106. The Balaban J connectivity index is 2.17. The standard InChI is InChI=1S/C14H21ClN2O2S2/c1-16-9-10-3-6-13(15)14(7-10)21(18,19)17-11-4-5-12(8-11)20-2/h3,6-7,11-12,16-17H,4-5,8-9H2,1-2H3. The number of rotatable bonds is 6. The van der Waals surface area contributed by atoms with E-state index in [0.717, 1.165) is 24.8 Å². The van der Waals surface area contributed by atoms with Crippen LogP contribution >= 0.6 is 23.4 Å². The third-order valence-electron chi connectivity index (χ3n) is 3.71. The molecule has 0 aromatic heterocycles. The van der Waals surface area contributed by atoms with Gasteiger partial charge in [-0.05, 0) is 50.3 Å². The van der Waals surface area contributed by atoms with E-state index in [-0.39, 0.29) is 16.0 Å². The number of sulfonamides is 1. The molecule has 0 bridgehead atoms. The van der Waals surface area contributed by atoms with Crippen molar-refractivity contribution in [1.29, 1.82) is 0 Å². The smallest absolute Gasteiger partial charge is 0.242 e. The minimum Gasteiger partial charge on any atom is -0.316 e. The van der Waals surface area contributed by atoms with Crippen LogP contribution in [0, 0.1) is 0 Å². The minimum atomic E-state index is -3.57. The third kappa shape index (κ3) is 4.36. The van der Waals surface area contributed by atoms with Crippen LogP contribution in [-0.2, 0) is 16.6 Å². The second kappa shape index (κ2) is 7.33. The van der Waals surface area contributed by atoms with Crippen molar-refractivity contribution >= 4 is 33.4 Å². The van der Waals surface area contributed by atoms with E-state index >= 15 is 0 Å². The van der Waals surface area contributed by atoms with Crippen LogP contribution in [-0.4, -0.2) is 33.0 Å². The van der Waals surface area contributed by atoms with Crippen molar-refractivity contribution < 1.29 is 8.42 Å². The van der Waals surface area contributed by atoms with E-state index in [2.05, 4.69) is 16.3 Å². The van der Waals surface area contributed by atoms with Gasteiger partial charge in [-0.15, -0.1) is 0 Å². The molecular weight excluding hydrogens is 328 g/mol. The second-order valence-electron chi connectivity index (χ2n) is 5.28. The molecule has 2 atom stereocenters. The monoisotopic (exact) mass is 348 g/mol. The van der Waals surface area contributed by atoms with Gasteiger partial charge in [-0.2, -0.15) is 11.8 Å². The van der Waals surface area contributed by atoms with E-state index in [9.17, 15) is 8.42 Å². The number of hydrogen-bond acceptors (Lipinski definition) is 4. The predicted molar refractivity (Wildman–Crippen MR) is 89.5 cm³/mol. The van der Waals surface area contributed by atoms with Crippen LogP contribution in [0.3, 0.4) is 0 Å². The lowest BCUT2D eigenvalue weighted by atomic mass is 10.2. The van der Waals surface area contributed by atoms with Crippen LogP contribution in [0.25, 0.3) is 0 Å². The summed E-state index contributed by atoms with van der Waals surface area (Å²) in [7, 11) is -1.74. The molecule has 7 heteroatoms. The normalized spacial score (nSPS) is 22.6. The highest BCUT2D eigenvalue weighted by Gasteiger charge is 2.29. The highest BCUT2D eigenvalue weighted by molar-refractivity contribution is 7.99. The van der Waals surface area contributed by atoms with Gasteiger partial charge in [0.25, 0.3) is 0 Å². The maximum absolute atomic E-state index is 12.5. The van der Waals surface area contributed by atoms with Crippen molar-refractivity contribution in [2.75, 3.05) is 13.3 Å². The highest BCUT2D eigenvalue weighted by atomic mass is 35.5. The molecule has 0 amide bonds. The first-order valence-corrected chi connectivity index (χ1v) is 10.1. The molecule has 1 saturated carbocycles. The van der Waals surface area contributed by atoms with E-state index in [1.807, 2.05) is 13.1 Å². The van der Waals surface area contributed by atoms with Gasteiger partial charge in [-0.25, -0.2) is 13.1 Å². The molecule has 4 nitrogen and oxygen atoms in total. The average Bonchev–Trinajstić information content (AvgIpc) is 2.88. The van der Waals surface area contributed by atoms with Crippen molar-refractivity contribution in [2.45, 2.75) is 42.0 Å². The lowest BCUT2D eigenvalue weighted by molar-refractivity contribution is 0.552. The molecule has 0 heterocycles. The predicted octanol–water partition coefficient (Wildman–Crippen LogP) is 2.62. The van der Waals surface area contributed by atoms with E-state index in [4.69, 9.17) is 11.6 Å². The summed E-state index contributed by atoms with van der Waals surface area (Å²) in [6, 6.07) is 5.12. The van der Waals surface area contributed by atoms with Gasteiger partial charge < -0.3 is 5.32 Å². The Kier molecular flexibility index (Phi) is 5.96. The van der Waals surface area contributed by atoms with Gasteiger partial charge in [0.15, 0.2) is 0 Å². The van der Waals surface area contributed by atoms with Gasteiger partial charge in [0, 0.05) is 17.8 Å². The molecule has 0 spiro atoms. The van der Waals surface area contributed by atoms with Gasteiger partial charge in [0.05, 0.1) is 5.02 Å². The lowest BCUT2D eigenvalue weighted by Crippen LogP contribution is -2.33. The number of benzene rings is 1. The molecule has 1 fully saturated rings. The molecule has 0 saturated heterocycles. The molecule has 21 heavy (non-hydrogen) atoms. The molecule has 1 aromatic carbocycles. The maximum atomic E-state index is 12.5. The van der Waals surface area contributed by atoms with E-state index in [0.29, 0.717) is 11.8 Å². The molecule has 2 rings (SSSR count). The zero-order valence-corrected chi connectivity index (χ0v) is 14.6. The molecule has 1 aliphatic rings. The van der Waals surface area contributed by atoms with Crippen LogP contribution in [0.5, 0.6) is 0 Å². The number of hydrogen-bond donors (Lipinski definition) is 2. The van der Waals surface area contributed by atoms with E-state index < -0.39 is 10.0 Å². The summed E-state index contributed by atoms with van der Waals surface area (Å²) in [5.41, 5.74) is 0.899. The summed E-state index contributed by atoms with van der Waals surface area (Å²) < 4.78 is 27.9. The first-order valence-electron chi connectivity index (χ1n) is 6.94. The van der Waals surface area contributed by atoms with Crippen molar-refractivity contribution in [3.8, 4) is 0 Å². The van der Waals surface area contributed by atoms with Crippen LogP contribution in [0.1, 0.15) is 24.8 Å². The van der Waals surface area contributed by atoms with Crippen LogP contribution in [0.15, 0.2) is 23.1 Å². The molecule has 0 radical (unpaired) electrons. The summed E-state index contributed by atoms with van der Waals surface area (Å²) in [5, 5.41) is 3.82. The fourth-order valence-electron chi connectivity index (χ4n) is 2.61. The molecule has 1 aliphatic carbocycles. The first kappa shape index (κ1) is 17.1. The molecule has 0 aliphatic heterocycles. The Morgan fingerprint density at radius 2 is 2.14 bits per heavy atom. The van der Waals surface area contributed by atoms with Gasteiger partial charge in [-0.3, -0.25) is 0 Å². The highest BCUT2D eigenvalue weighted by Crippen LogP contribution is 2.30. The summed E-state index contributed by atoms with van der Waals surface area (Å²) in [4.78, 5) is 0.171. The van der Waals surface area contributed by atoms with E-state index in [1.54, 1.807) is 23.9 Å². The first-order chi connectivity index (χ1) is 9.96. The van der Waals surface area contributed by atoms with Crippen molar-refractivity contribution in [3.63, 3.8) is 0 Å². The quantitative estimate of drug-likeness (QED) is 0.829. The molecule has 2 unspecified atom stereocenters. The second-order valence-corrected chi connectivity index (χ2v) is 8.51.